The summed E-state index contributed by atoms with van der Waals surface area (Å²) in [6.07, 6.45) is -2.25. The SMILES string of the molecule is Cc1ccc(-c2c(-c3ccccc3)c(C(=O)Nc3ccccc3)c(C(C)C)n2CC[C@@H](O)C[C@@H](O)CC(=O)O)cc1. The maximum absolute atomic E-state index is 14.1. The van der Waals surface area contributed by atoms with Gasteiger partial charge in [-0.3, -0.25) is 9.59 Å². The summed E-state index contributed by atoms with van der Waals surface area (Å²) in [6.45, 7) is 6.49. The normalized spacial score (nSPS) is 12.7. The van der Waals surface area contributed by atoms with Gasteiger partial charge in [-0.15, -0.1) is 0 Å². The fraction of sp³-hybridized carbons (Fsp3) is 0.294. The number of aliphatic carboxylic acids is 1. The summed E-state index contributed by atoms with van der Waals surface area (Å²) in [5, 5.41) is 33.0. The molecule has 2 atom stereocenters. The van der Waals surface area contributed by atoms with E-state index in [1.165, 1.54) is 0 Å². The fourth-order valence-electron chi connectivity index (χ4n) is 5.31. The average molecular weight is 555 g/mol. The molecule has 7 nitrogen and oxygen atoms in total. The van der Waals surface area contributed by atoms with E-state index in [-0.39, 0.29) is 24.7 Å². The minimum atomic E-state index is -1.14. The van der Waals surface area contributed by atoms with Gasteiger partial charge in [0.25, 0.3) is 5.91 Å². The molecule has 1 amide bonds. The molecule has 0 spiro atoms. The molecule has 0 radical (unpaired) electrons. The lowest BCUT2D eigenvalue weighted by molar-refractivity contribution is -0.139. The molecule has 41 heavy (non-hydrogen) atoms. The number of nitrogens with zero attached hydrogens (tertiary/aromatic N) is 1. The van der Waals surface area contributed by atoms with Crippen LogP contribution in [0.1, 0.15) is 60.6 Å². The highest BCUT2D eigenvalue weighted by Gasteiger charge is 2.30. The molecule has 0 aliphatic rings. The van der Waals surface area contributed by atoms with Crippen LogP contribution in [0.25, 0.3) is 22.4 Å². The van der Waals surface area contributed by atoms with Crippen LogP contribution >= 0.6 is 0 Å². The molecule has 0 saturated heterocycles. The Labute approximate surface area is 241 Å². The number of aryl methyl sites for hydroxylation is 1. The van der Waals surface area contributed by atoms with Gasteiger partial charge in [0.05, 0.1) is 29.9 Å². The monoisotopic (exact) mass is 554 g/mol. The Morgan fingerprint density at radius 3 is 2.02 bits per heavy atom. The van der Waals surface area contributed by atoms with Crippen LogP contribution in [0.3, 0.4) is 0 Å². The third kappa shape index (κ3) is 7.31. The first kappa shape index (κ1) is 29.8. The highest BCUT2D eigenvalue weighted by Crippen LogP contribution is 2.42. The van der Waals surface area contributed by atoms with Crippen molar-refractivity contribution in [1.82, 2.24) is 4.57 Å². The smallest absolute Gasteiger partial charge is 0.305 e. The second-order valence-electron chi connectivity index (χ2n) is 10.8. The zero-order chi connectivity index (χ0) is 29.5. The molecule has 0 aliphatic carbocycles. The van der Waals surface area contributed by atoms with E-state index in [0.29, 0.717) is 17.8 Å². The lowest BCUT2D eigenvalue weighted by Gasteiger charge is -2.20. The van der Waals surface area contributed by atoms with Crippen molar-refractivity contribution < 1.29 is 24.9 Å². The summed E-state index contributed by atoms with van der Waals surface area (Å²) in [7, 11) is 0. The number of hydrogen-bond acceptors (Lipinski definition) is 4. The van der Waals surface area contributed by atoms with Gasteiger partial charge in [0.2, 0.25) is 0 Å². The van der Waals surface area contributed by atoms with Gasteiger partial charge in [-0.05, 0) is 48.9 Å². The van der Waals surface area contributed by atoms with E-state index in [1.807, 2.05) is 106 Å². The van der Waals surface area contributed by atoms with Gasteiger partial charge in [0, 0.05) is 23.5 Å². The van der Waals surface area contributed by atoms with Crippen molar-refractivity contribution in [3.8, 4) is 22.4 Å². The van der Waals surface area contributed by atoms with Gasteiger partial charge < -0.3 is 25.2 Å². The van der Waals surface area contributed by atoms with Crippen LogP contribution in [0.5, 0.6) is 0 Å². The zero-order valence-electron chi connectivity index (χ0n) is 23.7. The average Bonchev–Trinajstić information content (AvgIpc) is 3.28. The van der Waals surface area contributed by atoms with Crippen LogP contribution in [0.4, 0.5) is 5.69 Å². The van der Waals surface area contributed by atoms with Gasteiger partial charge in [-0.2, -0.15) is 0 Å². The number of carboxylic acid groups (broad SMARTS) is 1. The van der Waals surface area contributed by atoms with E-state index in [0.717, 1.165) is 33.6 Å². The predicted molar refractivity (Wildman–Crippen MR) is 162 cm³/mol. The number of anilines is 1. The summed E-state index contributed by atoms with van der Waals surface area (Å²) in [4.78, 5) is 25.1. The number of hydrogen-bond donors (Lipinski definition) is 4. The topological polar surface area (TPSA) is 112 Å². The van der Waals surface area contributed by atoms with Crippen molar-refractivity contribution in [1.29, 1.82) is 0 Å². The van der Waals surface area contributed by atoms with E-state index < -0.39 is 24.6 Å². The van der Waals surface area contributed by atoms with Crippen molar-refractivity contribution >= 4 is 17.6 Å². The number of para-hydroxylation sites is 1. The Balaban J connectivity index is 1.89. The summed E-state index contributed by atoms with van der Waals surface area (Å²) < 4.78 is 2.12. The molecule has 3 aromatic carbocycles. The number of aliphatic hydroxyl groups excluding tert-OH is 2. The number of nitrogens with one attached hydrogen (secondary N) is 1. The van der Waals surface area contributed by atoms with Gasteiger partial charge >= 0.3 is 5.97 Å². The van der Waals surface area contributed by atoms with Gasteiger partial charge in [-0.25, -0.2) is 0 Å². The Bertz CT molecular complexity index is 1460. The van der Waals surface area contributed by atoms with Crippen LogP contribution in [0, 0.1) is 6.92 Å². The molecule has 1 aromatic heterocycles. The number of carbonyl (C=O) groups is 2. The summed E-state index contributed by atoms with van der Waals surface area (Å²) in [6, 6.07) is 27.4. The third-order valence-corrected chi connectivity index (χ3v) is 7.14. The van der Waals surface area contributed by atoms with E-state index in [9.17, 15) is 19.8 Å². The summed E-state index contributed by atoms with van der Waals surface area (Å²) in [5.41, 5.74) is 6.75. The predicted octanol–water partition coefficient (Wildman–Crippen LogP) is 6.48. The van der Waals surface area contributed by atoms with Gasteiger partial charge in [0.1, 0.15) is 0 Å². The van der Waals surface area contributed by atoms with E-state index in [2.05, 4.69) is 9.88 Å². The molecular formula is C34H38N2O5. The molecule has 214 valence electrons. The Morgan fingerprint density at radius 2 is 1.44 bits per heavy atom. The van der Waals surface area contributed by atoms with Crippen LogP contribution < -0.4 is 5.32 Å². The number of amides is 1. The Morgan fingerprint density at radius 1 is 0.829 bits per heavy atom. The first-order chi connectivity index (χ1) is 19.7. The third-order valence-electron chi connectivity index (χ3n) is 7.14. The maximum Gasteiger partial charge on any atom is 0.305 e. The highest BCUT2D eigenvalue weighted by molar-refractivity contribution is 6.12. The van der Waals surface area contributed by atoms with E-state index in [4.69, 9.17) is 5.11 Å². The lowest BCUT2D eigenvalue weighted by Crippen LogP contribution is -2.22. The highest BCUT2D eigenvalue weighted by atomic mass is 16.4. The van der Waals surface area contributed by atoms with Crippen molar-refractivity contribution in [3.05, 3.63) is 102 Å². The van der Waals surface area contributed by atoms with Gasteiger partial charge in [0.15, 0.2) is 0 Å². The number of aliphatic hydroxyl groups is 2. The van der Waals surface area contributed by atoms with Crippen LogP contribution in [-0.2, 0) is 11.3 Å². The molecule has 0 bridgehead atoms. The molecule has 0 fully saturated rings. The first-order valence-corrected chi connectivity index (χ1v) is 14.0. The quantitative estimate of drug-likeness (QED) is 0.160. The van der Waals surface area contributed by atoms with E-state index >= 15 is 0 Å². The molecule has 4 aromatic rings. The van der Waals surface area contributed by atoms with Crippen LogP contribution in [-0.4, -0.2) is 44.0 Å². The minimum Gasteiger partial charge on any atom is -0.481 e. The molecular weight excluding hydrogens is 516 g/mol. The molecule has 7 heteroatoms. The number of benzene rings is 3. The van der Waals surface area contributed by atoms with E-state index in [1.54, 1.807) is 0 Å². The number of carbonyl (C=O) groups excluding carboxylic acids is 1. The van der Waals surface area contributed by atoms with Crippen LogP contribution in [0.2, 0.25) is 0 Å². The Hall–Kier alpha value is -4.20. The van der Waals surface area contributed by atoms with Crippen LogP contribution in [0.15, 0.2) is 84.9 Å². The number of rotatable bonds is 12. The molecule has 0 saturated carbocycles. The lowest BCUT2D eigenvalue weighted by atomic mass is 9.94. The molecule has 0 aliphatic heterocycles. The number of aromatic nitrogens is 1. The van der Waals surface area contributed by atoms with Crippen molar-refractivity contribution in [2.75, 3.05) is 5.32 Å². The molecule has 4 rings (SSSR count). The second kappa shape index (κ2) is 13.4. The molecule has 4 N–H and O–H groups in total. The Kier molecular flexibility index (Phi) is 9.76. The first-order valence-electron chi connectivity index (χ1n) is 14.0. The van der Waals surface area contributed by atoms with Crippen molar-refractivity contribution in [2.24, 2.45) is 0 Å². The summed E-state index contributed by atoms with van der Waals surface area (Å²) in [5.74, 6) is -1.37. The molecule has 1 heterocycles. The van der Waals surface area contributed by atoms with Gasteiger partial charge in [-0.1, -0.05) is 92.2 Å². The van der Waals surface area contributed by atoms with Crippen molar-refractivity contribution in [3.63, 3.8) is 0 Å². The maximum atomic E-state index is 14.1. The largest absolute Gasteiger partial charge is 0.481 e. The zero-order valence-corrected chi connectivity index (χ0v) is 23.7. The summed E-state index contributed by atoms with van der Waals surface area (Å²) >= 11 is 0. The minimum absolute atomic E-state index is 0.0390. The van der Waals surface area contributed by atoms with Crippen molar-refractivity contribution in [2.45, 2.75) is 64.7 Å². The molecule has 0 unspecified atom stereocenters. The number of carboxylic acids is 1. The fourth-order valence-corrected chi connectivity index (χ4v) is 5.31. The second-order valence-corrected chi connectivity index (χ2v) is 10.8. The standard InChI is InChI=1S/C34H38N2O5/c1-22(2)32-31(34(41)35-26-12-8-5-9-13-26)30(24-10-6-4-7-11-24)33(25-16-14-23(3)15-17-25)36(32)19-18-27(37)20-28(38)21-29(39)40/h4-17,22,27-28,37-38H,18-21H2,1-3H3,(H,35,41)(H,39,40)/t27-,28-/m1/s1.